The number of anilines is 1. The van der Waals surface area contributed by atoms with E-state index in [1.807, 2.05) is 6.92 Å². The second kappa shape index (κ2) is 4.87. The van der Waals surface area contributed by atoms with Gasteiger partial charge in [-0.2, -0.15) is 0 Å². The van der Waals surface area contributed by atoms with Crippen LogP contribution in [0.5, 0.6) is 11.5 Å². The first-order valence-electron chi connectivity index (χ1n) is 6.35. The molecule has 0 radical (unpaired) electrons. The number of benzene rings is 2. The summed E-state index contributed by atoms with van der Waals surface area (Å²) in [7, 11) is 0. The van der Waals surface area contributed by atoms with E-state index in [0.717, 1.165) is 5.56 Å². The molecule has 1 heterocycles. The van der Waals surface area contributed by atoms with Crippen LogP contribution in [-0.2, 0) is 0 Å². The van der Waals surface area contributed by atoms with E-state index in [4.69, 9.17) is 0 Å². The zero-order valence-corrected chi connectivity index (χ0v) is 11.1. The lowest BCUT2D eigenvalue weighted by Gasteiger charge is -2.16. The summed E-state index contributed by atoms with van der Waals surface area (Å²) in [5, 5.41) is 3.13. The van der Waals surface area contributed by atoms with Gasteiger partial charge >= 0.3 is 6.29 Å². The van der Waals surface area contributed by atoms with Crippen molar-refractivity contribution in [2.45, 2.75) is 19.3 Å². The van der Waals surface area contributed by atoms with Crippen molar-refractivity contribution in [3.63, 3.8) is 0 Å². The highest BCUT2D eigenvalue weighted by Gasteiger charge is 2.43. The Morgan fingerprint density at radius 3 is 2.38 bits per heavy atom. The molecule has 110 valence electrons. The average molecular weight is 295 g/mol. The van der Waals surface area contributed by atoms with E-state index in [9.17, 15) is 13.2 Å². The number of halogens is 3. The first-order valence-corrected chi connectivity index (χ1v) is 6.35. The molecule has 0 bridgehead atoms. The number of nitrogens with one attached hydrogen (secondary N) is 1. The van der Waals surface area contributed by atoms with Gasteiger partial charge in [-0.15, -0.1) is 8.78 Å². The molecule has 1 aliphatic rings. The quantitative estimate of drug-likeness (QED) is 0.914. The van der Waals surface area contributed by atoms with Gasteiger partial charge in [0.25, 0.3) is 0 Å². The fourth-order valence-electron chi connectivity index (χ4n) is 2.12. The van der Waals surface area contributed by atoms with E-state index >= 15 is 0 Å². The van der Waals surface area contributed by atoms with Gasteiger partial charge in [-0.3, -0.25) is 0 Å². The predicted molar refractivity (Wildman–Crippen MR) is 71.1 cm³/mol. The molecule has 1 aliphatic heterocycles. The Morgan fingerprint density at radius 2 is 1.67 bits per heavy atom. The van der Waals surface area contributed by atoms with Gasteiger partial charge in [0, 0.05) is 17.8 Å². The van der Waals surface area contributed by atoms with Gasteiger partial charge in [0.05, 0.1) is 0 Å². The van der Waals surface area contributed by atoms with Gasteiger partial charge < -0.3 is 14.8 Å². The second-order valence-corrected chi connectivity index (χ2v) is 4.75. The molecule has 1 unspecified atom stereocenters. The fraction of sp³-hybridized carbons (Fsp3) is 0.200. The van der Waals surface area contributed by atoms with E-state index in [2.05, 4.69) is 14.8 Å². The fourth-order valence-corrected chi connectivity index (χ4v) is 2.12. The summed E-state index contributed by atoms with van der Waals surface area (Å²) in [5.41, 5.74) is 1.48. The summed E-state index contributed by atoms with van der Waals surface area (Å²) in [6.07, 6.45) is -3.62. The molecule has 6 heteroatoms. The second-order valence-electron chi connectivity index (χ2n) is 4.75. The third kappa shape index (κ3) is 2.89. The summed E-state index contributed by atoms with van der Waals surface area (Å²) >= 11 is 0. The number of hydrogen-bond donors (Lipinski definition) is 1. The number of ether oxygens (including phenoxy) is 2. The summed E-state index contributed by atoms with van der Waals surface area (Å²) in [6, 6.07) is 10.4. The van der Waals surface area contributed by atoms with Gasteiger partial charge in [-0.25, -0.2) is 4.39 Å². The maximum atomic E-state index is 12.9. The normalized spacial score (nSPS) is 16.6. The predicted octanol–water partition coefficient (Wildman–Crippen LogP) is 4.32. The van der Waals surface area contributed by atoms with Crippen LogP contribution in [0, 0.1) is 5.82 Å². The molecule has 2 aromatic carbocycles. The van der Waals surface area contributed by atoms with Gasteiger partial charge in [-0.1, -0.05) is 12.1 Å². The Balaban J connectivity index is 1.76. The van der Waals surface area contributed by atoms with E-state index in [-0.39, 0.29) is 23.4 Å². The molecule has 0 fully saturated rings. The summed E-state index contributed by atoms with van der Waals surface area (Å²) in [4.78, 5) is 0. The average Bonchev–Trinajstić information content (AvgIpc) is 2.72. The monoisotopic (exact) mass is 295 g/mol. The molecule has 0 amide bonds. The van der Waals surface area contributed by atoms with Crippen LogP contribution in [0.25, 0.3) is 0 Å². The lowest BCUT2D eigenvalue weighted by molar-refractivity contribution is -0.286. The SMILES string of the molecule is CC(Nc1ccc2c(c1)OC(F)(F)O2)c1ccc(F)cc1. The standard InChI is InChI=1S/C15H12F3NO2/c1-9(10-2-4-11(16)5-3-10)19-12-6-7-13-14(8-12)21-15(17,18)20-13/h2-9,19H,1H3. The summed E-state index contributed by atoms with van der Waals surface area (Å²) in [5.74, 6) is -0.326. The van der Waals surface area contributed by atoms with E-state index < -0.39 is 6.29 Å². The smallest absolute Gasteiger partial charge is 0.395 e. The molecule has 0 saturated heterocycles. The molecular formula is C15H12F3NO2. The number of alkyl halides is 2. The molecule has 0 aliphatic carbocycles. The Morgan fingerprint density at radius 1 is 1.00 bits per heavy atom. The van der Waals surface area contributed by atoms with Crippen LogP contribution in [0.2, 0.25) is 0 Å². The van der Waals surface area contributed by atoms with Crippen molar-refractivity contribution in [2.24, 2.45) is 0 Å². The van der Waals surface area contributed by atoms with Crippen molar-refractivity contribution in [2.75, 3.05) is 5.32 Å². The van der Waals surface area contributed by atoms with Crippen LogP contribution in [0.15, 0.2) is 42.5 Å². The molecule has 2 aromatic rings. The topological polar surface area (TPSA) is 30.5 Å². The Kier molecular flexibility index (Phi) is 3.16. The third-order valence-electron chi connectivity index (χ3n) is 3.15. The van der Waals surface area contributed by atoms with Gasteiger partial charge in [0.1, 0.15) is 5.82 Å². The molecule has 0 saturated carbocycles. The van der Waals surface area contributed by atoms with Crippen LogP contribution < -0.4 is 14.8 Å². The number of hydrogen-bond acceptors (Lipinski definition) is 3. The maximum Gasteiger partial charge on any atom is 0.586 e. The van der Waals surface area contributed by atoms with Crippen LogP contribution in [0.3, 0.4) is 0 Å². The molecule has 1 N–H and O–H groups in total. The van der Waals surface area contributed by atoms with Crippen LogP contribution >= 0.6 is 0 Å². The van der Waals surface area contributed by atoms with Crippen LogP contribution in [0.4, 0.5) is 18.9 Å². The maximum absolute atomic E-state index is 12.9. The van der Waals surface area contributed by atoms with E-state index in [1.165, 1.54) is 24.3 Å². The Hall–Kier alpha value is -2.37. The molecular weight excluding hydrogens is 283 g/mol. The van der Waals surface area contributed by atoms with E-state index in [1.54, 1.807) is 18.2 Å². The van der Waals surface area contributed by atoms with Crippen LogP contribution in [-0.4, -0.2) is 6.29 Å². The van der Waals surface area contributed by atoms with Gasteiger partial charge in [-0.05, 0) is 36.8 Å². The lowest BCUT2D eigenvalue weighted by Crippen LogP contribution is -2.25. The van der Waals surface area contributed by atoms with Crippen molar-refractivity contribution in [3.05, 3.63) is 53.8 Å². The highest BCUT2D eigenvalue weighted by molar-refractivity contribution is 5.56. The Labute approximate surface area is 119 Å². The molecule has 0 spiro atoms. The zero-order chi connectivity index (χ0) is 15.0. The van der Waals surface area contributed by atoms with Crippen molar-refractivity contribution >= 4 is 5.69 Å². The van der Waals surface area contributed by atoms with E-state index in [0.29, 0.717) is 5.69 Å². The minimum Gasteiger partial charge on any atom is -0.395 e. The molecule has 3 rings (SSSR count). The largest absolute Gasteiger partial charge is 0.586 e. The molecule has 21 heavy (non-hydrogen) atoms. The highest BCUT2D eigenvalue weighted by Crippen LogP contribution is 2.42. The number of fused-ring (bicyclic) bond motifs is 1. The minimum atomic E-state index is -3.62. The Bertz CT molecular complexity index is 658. The van der Waals surface area contributed by atoms with Crippen molar-refractivity contribution < 1.29 is 22.6 Å². The minimum absolute atomic E-state index is 0.0000137. The van der Waals surface area contributed by atoms with Crippen molar-refractivity contribution in [1.82, 2.24) is 0 Å². The lowest BCUT2D eigenvalue weighted by atomic mass is 10.1. The first kappa shape index (κ1) is 13.6. The molecule has 1 atom stereocenters. The third-order valence-corrected chi connectivity index (χ3v) is 3.15. The number of rotatable bonds is 3. The highest BCUT2D eigenvalue weighted by atomic mass is 19.3. The first-order chi connectivity index (χ1) is 9.93. The van der Waals surface area contributed by atoms with Gasteiger partial charge in [0.2, 0.25) is 0 Å². The molecule has 0 aromatic heterocycles. The summed E-state index contributed by atoms with van der Waals surface area (Å²) in [6.45, 7) is 1.88. The van der Waals surface area contributed by atoms with Crippen molar-refractivity contribution in [1.29, 1.82) is 0 Å². The summed E-state index contributed by atoms with van der Waals surface area (Å²) < 4.78 is 47.5. The van der Waals surface area contributed by atoms with Crippen molar-refractivity contribution in [3.8, 4) is 11.5 Å². The van der Waals surface area contributed by atoms with Crippen LogP contribution in [0.1, 0.15) is 18.5 Å². The van der Waals surface area contributed by atoms with Gasteiger partial charge in [0.15, 0.2) is 11.5 Å². The molecule has 3 nitrogen and oxygen atoms in total. The zero-order valence-electron chi connectivity index (χ0n) is 11.1.